The van der Waals surface area contributed by atoms with E-state index in [1.807, 2.05) is 21.1 Å². The highest BCUT2D eigenvalue weighted by Crippen LogP contribution is 2.38. The number of phosphoric acid groups is 1. The fourth-order valence-corrected chi connectivity index (χ4v) is 11.1. The molecule has 96 heavy (non-hydrogen) atoms. The maximum absolute atomic E-state index is 12.9. The minimum Gasteiger partial charge on any atom is -0.756 e. The van der Waals surface area contributed by atoms with Crippen molar-refractivity contribution in [2.24, 2.45) is 0 Å². The molecule has 0 aliphatic heterocycles. The number of ether oxygens (including phenoxy) is 2. The van der Waals surface area contributed by atoms with Gasteiger partial charge in [0.15, 0.2) is 6.10 Å². The molecule has 0 aromatic carbocycles. The van der Waals surface area contributed by atoms with Gasteiger partial charge in [-0.15, -0.1) is 0 Å². The Morgan fingerprint density at radius 1 is 0.323 bits per heavy atom. The minimum absolute atomic E-state index is 0.0385. The fraction of sp³-hybridized carbons (Fsp3) is 0.651. The number of carbonyl (C=O) groups excluding carboxylic acids is 2. The van der Waals surface area contributed by atoms with E-state index in [2.05, 4.69) is 184 Å². The Labute approximate surface area is 591 Å². The lowest BCUT2D eigenvalue weighted by atomic mass is 10.0. The number of hydrogen-bond donors (Lipinski definition) is 0. The van der Waals surface area contributed by atoms with Crippen molar-refractivity contribution in [1.29, 1.82) is 0 Å². The Hall–Kier alpha value is -4.63. The lowest BCUT2D eigenvalue weighted by molar-refractivity contribution is -0.870. The number of carbonyl (C=O) groups is 2. The van der Waals surface area contributed by atoms with E-state index in [1.165, 1.54) is 141 Å². The number of rotatable bonds is 70. The number of allylic oxidation sites excluding steroid dienone is 28. The van der Waals surface area contributed by atoms with Crippen LogP contribution in [0.5, 0.6) is 0 Å². The zero-order valence-corrected chi connectivity index (χ0v) is 63.2. The molecule has 2 atom stereocenters. The molecule has 0 aromatic rings. The largest absolute Gasteiger partial charge is 0.756 e. The highest BCUT2D eigenvalue weighted by Gasteiger charge is 2.22. The number of hydrogen-bond acceptors (Lipinski definition) is 8. The standard InChI is InChI=1S/C86H144NO8P/c1-6-8-10-12-14-16-18-20-22-24-26-28-30-32-34-36-38-40-42-43-45-47-49-51-53-55-57-59-61-63-65-67-69-71-73-75-77-79-86(89)95-84(83-94-96(90,91)93-81-80-87(3,4)5)82-92-85(88)78-76-74-72-70-68-66-64-62-60-58-56-54-52-50-48-46-44-41-39-37-35-33-31-29-27-25-23-21-19-17-15-13-11-9-7-2/h8-11,14-17,20-23,26-29,32-35,38,40,43,45,49,51,55,57,84H,6-7,12-13,18-19,24-25,30-31,36-37,39,41-42,44,46-48,50,52-54,56,58-83H2,1-5H3/b10-8-,11-9-,16-14-,17-15-,22-20-,23-21-,28-26-,29-27-,34-32-,35-33-,40-38-,45-43-,51-49-,57-55-. The van der Waals surface area contributed by atoms with Gasteiger partial charge in [0.2, 0.25) is 0 Å². The fourth-order valence-electron chi connectivity index (χ4n) is 10.4. The smallest absolute Gasteiger partial charge is 0.306 e. The van der Waals surface area contributed by atoms with Gasteiger partial charge in [-0.1, -0.05) is 338 Å². The lowest BCUT2D eigenvalue weighted by Gasteiger charge is -2.28. The molecule has 0 bridgehead atoms. The summed E-state index contributed by atoms with van der Waals surface area (Å²) in [6.07, 6.45) is 113. The van der Waals surface area contributed by atoms with Crippen LogP contribution in [-0.2, 0) is 32.7 Å². The van der Waals surface area contributed by atoms with E-state index < -0.39 is 26.5 Å². The summed E-state index contributed by atoms with van der Waals surface area (Å²) in [6, 6.07) is 0. The summed E-state index contributed by atoms with van der Waals surface area (Å²) in [4.78, 5) is 38.2. The summed E-state index contributed by atoms with van der Waals surface area (Å²) in [5, 5.41) is 0. The molecule has 0 saturated heterocycles. The molecule has 0 amide bonds. The van der Waals surface area contributed by atoms with Gasteiger partial charge in [0.05, 0.1) is 27.7 Å². The van der Waals surface area contributed by atoms with Crippen molar-refractivity contribution in [2.75, 3.05) is 47.5 Å². The maximum Gasteiger partial charge on any atom is 0.306 e. The van der Waals surface area contributed by atoms with Crippen molar-refractivity contribution >= 4 is 19.8 Å². The van der Waals surface area contributed by atoms with E-state index in [4.69, 9.17) is 18.5 Å². The molecule has 0 spiro atoms. The maximum atomic E-state index is 12.9. The van der Waals surface area contributed by atoms with Crippen LogP contribution in [0.25, 0.3) is 0 Å². The van der Waals surface area contributed by atoms with Gasteiger partial charge in [0, 0.05) is 12.8 Å². The lowest BCUT2D eigenvalue weighted by Crippen LogP contribution is -2.37. The van der Waals surface area contributed by atoms with Crippen LogP contribution in [0.4, 0.5) is 0 Å². The second kappa shape index (κ2) is 74.6. The highest BCUT2D eigenvalue weighted by atomic mass is 31.2. The van der Waals surface area contributed by atoms with Gasteiger partial charge >= 0.3 is 11.9 Å². The molecule has 0 radical (unpaired) electrons. The van der Waals surface area contributed by atoms with E-state index in [0.717, 1.165) is 135 Å². The Morgan fingerprint density at radius 2 is 0.562 bits per heavy atom. The van der Waals surface area contributed by atoms with E-state index in [1.54, 1.807) is 0 Å². The van der Waals surface area contributed by atoms with Crippen molar-refractivity contribution in [3.63, 3.8) is 0 Å². The van der Waals surface area contributed by atoms with Crippen molar-refractivity contribution in [3.8, 4) is 0 Å². The highest BCUT2D eigenvalue weighted by molar-refractivity contribution is 7.45. The Bertz CT molecular complexity index is 2230. The Morgan fingerprint density at radius 3 is 0.833 bits per heavy atom. The number of esters is 2. The molecule has 9 nitrogen and oxygen atoms in total. The van der Waals surface area contributed by atoms with E-state index >= 15 is 0 Å². The number of phosphoric ester groups is 1. The van der Waals surface area contributed by atoms with Gasteiger partial charge in [-0.3, -0.25) is 14.2 Å². The summed E-state index contributed by atoms with van der Waals surface area (Å²) in [5.74, 6) is -0.840. The van der Waals surface area contributed by atoms with Crippen molar-refractivity contribution in [3.05, 3.63) is 170 Å². The Kier molecular flexibility index (Phi) is 71.0. The second-order valence-corrected chi connectivity index (χ2v) is 28.0. The predicted molar refractivity (Wildman–Crippen MR) is 415 cm³/mol. The van der Waals surface area contributed by atoms with Crippen LogP contribution >= 0.6 is 7.82 Å². The van der Waals surface area contributed by atoms with Gasteiger partial charge in [-0.2, -0.15) is 0 Å². The Balaban J connectivity index is 4.05. The van der Waals surface area contributed by atoms with Gasteiger partial charge in [-0.05, 0) is 128 Å². The summed E-state index contributed by atoms with van der Waals surface area (Å²) in [6.45, 7) is 4.02. The van der Waals surface area contributed by atoms with Crippen LogP contribution in [-0.4, -0.2) is 70.0 Å². The van der Waals surface area contributed by atoms with Gasteiger partial charge in [-0.25, -0.2) is 0 Å². The number of likely N-dealkylation sites (N-methyl/N-ethyl adjacent to an activating group) is 1. The average Bonchev–Trinajstić information content (AvgIpc) is 2.72. The van der Waals surface area contributed by atoms with Gasteiger partial charge < -0.3 is 27.9 Å². The summed E-state index contributed by atoms with van der Waals surface area (Å²) < 4.78 is 34.4. The zero-order chi connectivity index (χ0) is 69.7. The molecule has 2 unspecified atom stereocenters. The molecule has 546 valence electrons. The van der Waals surface area contributed by atoms with Crippen LogP contribution in [0.15, 0.2) is 170 Å². The van der Waals surface area contributed by atoms with Crippen molar-refractivity contribution in [2.45, 2.75) is 315 Å². The first-order chi connectivity index (χ1) is 47.0. The third kappa shape index (κ3) is 78.4. The van der Waals surface area contributed by atoms with Crippen LogP contribution < -0.4 is 4.89 Å². The van der Waals surface area contributed by atoms with Crippen molar-refractivity contribution < 1.29 is 42.1 Å². The quantitative estimate of drug-likeness (QED) is 0.0195. The molecule has 0 saturated carbocycles. The first-order valence-electron chi connectivity index (χ1n) is 38.8. The molecule has 0 fully saturated rings. The molecule has 0 aliphatic carbocycles. The van der Waals surface area contributed by atoms with E-state index in [9.17, 15) is 19.0 Å². The number of unbranched alkanes of at least 4 members (excludes halogenated alkanes) is 28. The second-order valence-electron chi connectivity index (χ2n) is 26.6. The third-order valence-corrected chi connectivity index (χ3v) is 17.2. The number of nitrogens with zero attached hydrogens (tertiary/aromatic N) is 1. The van der Waals surface area contributed by atoms with Crippen LogP contribution in [0.3, 0.4) is 0 Å². The average molecular weight is 1350 g/mol. The van der Waals surface area contributed by atoms with Crippen LogP contribution in [0.1, 0.15) is 309 Å². The molecular formula is C86H144NO8P. The number of quaternary nitrogens is 1. The van der Waals surface area contributed by atoms with Crippen LogP contribution in [0, 0.1) is 0 Å². The van der Waals surface area contributed by atoms with Gasteiger partial charge in [0.1, 0.15) is 19.8 Å². The molecule has 0 aromatic heterocycles. The molecular weight excluding hydrogens is 1210 g/mol. The SMILES string of the molecule is CC/C=C\C/C=C\C/C=C\C/C=C\C/C=C\C/C=C\C/C=C\C/C=C\C/C=C\CCCCCCCCCCCC(=O)OC(COC(=O)CCCCCCCCCCCCCCCCCCCCC/C=C\C/C=C\C/C=C\C/C=C\C/C=C\CC)COP(=O)([O-])OCC[N+](C)(C)C. The topological polar surface area (TPSA) is 111 Å². The molecule has 0 N–H and O–H groups in total. The summed E-state index contributed by atoms with van der Waals surface area (Å²) >= 11 is 0. The first-order valence-corrected chi connectivity index (χ1v) is 40.3. The molecule has 10 heteroatoms. The first kappa shape index (κ1) is 91.4. The van der Waals surface area contributed by atoms with Gasteiger partial charge in [0.25, 0.3) is 7.82 Å². The third-order valence-electron chi connectivity index (χ3n) is 16.2. The minimum atomic E-state index is -4.66. The zero-order valence-electron chi connectivity index (χ0n) is 62.3. The van der Waals surface area contributed by atoms with Crippen LogP contribution in [0.2, 0.25) is 0 Å². The molecule has 0 aliphatic rings. The summed E-state index contributed by atoms with van der Waals surface area (Å²) in [5.41, 5.74) is 0. The van der Waals surface area contributed by atoms with E-state index in [0.29, 0.717) is 17.4 Å². The van der Waals surface area contributed by atoms with E-state index in [-0.39, 0.29) is 32.0 Å². The molecule has 0 rings (SSSR count). The van der Waals surface area contributed by atoms with Crippen molar-refractivity contribution in [1.82, 2.24) is 0 Å². The summed E-state index contributed by atoms with van der Waals surface area (Å²) in [7, 11) is 1.15. The molecule has 0 heterocycles. The predicted octanol–water partition coefficient (Wildman–Crippen LogP) is 25.4. The monoisotopic (exact) mass is 1350 g/mol. The normalized spacial score (nSPS) is 14.0.